The van der Waals surface area contributed by atoms with Gasteiger partial charge in [-0.15, -0.1) is 0 Å². The van der Waals surface area contributed by atoms with Crippen molar-refractivity contribution in [3.63, 3.8) is 0 Å². The predicted molar refractivity (Wildman–Crippen MR) is 88.3 cm³/mol. The molecule has 1 saturated heterocycles. The molecule has 0 amide bonds. The molecule has 1 aliphatic carbocycles. The summed E-state index contributed by atoms with van der Waals surface area (Å²) in [6, 6.07) is 0. The van der Waals surface area contributed by atoms with Crippen molar-refractivity contribution < 1.29 is 23.0 Å². The average molecular weight is 361 g/mol. The van der Waals surface area contributed by atoms with Gasteiger partial charge in [-0.05, 0) is 44.8 Å². The van der Waals surface area contributed by atoms with Gasteiger partial charge in [0.05, 0.1) is 5.60 Å². The summed E-state index contributed by atoms with van der Waals surface area (Å²) < 4.78 is 45.6. The van der Waals surface area contributed by atoms with E-state index in [2.05, 4.69) is 15.6 Å². The lowest BCUT2D eigenvalue weighted by Crippen LogP contribution is -2.41. The molecule has 5 nitrogen and oxygen atoms in total. The number of aliphatic hydroxyl groups is 1. The Hall–Kier alpha value is -1.12. The summed E-state index contributed by atoms with van der Waals surface area (Å²) >= 11 is 0. The molecule has 1 saturated carbocycles. The van der Waals surface area contributed by atoms with Gasteiger partial charge in [-0.25, -0.2) is 4.99 Å². The molecule has 0 aromatic heterocycles. The molecular weight excluding hydrogens is 335 g/mol. The van der Waals surface area contributed by atoms with Crippen molar-refractivity contribution in [1.82, 2.24) is 10.6 Å². The second-order valence-corrected chi connectivity index (χ2v) is 7.76. The SMILES string of the molecule is CC1(CNCC2(O)CC2)C=C(C(F)(F)F)N=C(OC2CCNCC2)C1. The number of piperidine rings is 1. The minimum atomic E-state index is -4.50. The van der Waals surface area contributed by atoms with Crippen molar-refractivity contribution in [1.29, 1.82) is 0 Å². The number of nitrogens with zero attached hydrogens (tertiary/aromatic N) is 1. The molecule has 0 radical (unpaired) electrons. The number of hydrogen-bond donors (Lipinski definition) is 3. The zero-order valence-electron chi connectivity index (χ0n) is 14.5. The molecule has 3 rings (SSSR count). The lowest BCUT2D eigenvalue weighted by atomic mass is 9.83. The highest BCUT2D eigenvalue weighted by Gasteiger charge is 2.43. The number of aliphatic imine (C=N–C) groups is 1. The van der Waals surface area contributed by atoms with Gasteiger partial charge in [0, 0.05) is 24.9 Å². The Bertz CT molecular complexity index is 552. The number of allylic oxidation sites excluding steroid dienone is 1. The normalized spacial score (nSPS) is 29.8. The minimum absolute atomic E-state index is 0.0861. The van der Waals surface area contributed by atoms with Crippen molar-refractivity contribution >= 4 is 5.90 Å². The Morgan fingerprint density at radius 3 is 2.60 bits per heavy atom. The first-order valence-electron chi connectivity index (χ1n) is 8.86. The standard InChI is InChI=1S/C17H26F3N3O2/c1-15(10-22-11-16(24)4-5-16)8-13(17(18,19)20)23-14(9-15)25-12-2-6-21-7-3-12/h8,12,21-22,24H,2-7,9-11H2,1H3. The molecule has 2 heterocycles. The third-order valence-corrected chi connectivity index (χ3v) is 4.97. The van der Waals surface area contributed by atoms with Gasteiger partial charge in [0.2, 0.25) is 0 Å². The first kappa shape index (κ1) is 18.7. The van der Waals surface area contributed by atoms with Crippen LogP contribution >= 0.6 is 0 Å². The van der Waals surface area contributed by atoms with Crippen LogP contribution in [0.15, 0.2) is 16.8 Å². The van der Waals surface area contributed by atoms with Crippen molar-refractivity contribution in [2.75, 3.05) is 26.2 Å². The molecule has 142 valence electrons. The van der Waals surface area contributed by atoms with Gasteiger partial charge in [0.1, 0.15) is 11.8 Å². The highest BCUT2D eigenvalue weighted by Crippen LogP contribution is 2.38. The fraction of sp³-hybridized carbons (Fsp3) is 0.824. The van der Waals surface area contributed by atoms with E-state index in [0.717, 1.165) is 38.8 Å². The molecule has 2 aliphatic heterocycles. The first-order valence-corrected chi connectivity index (χ1v) is 8.86. The Kier molecular flexibility index (Phi) is 5.14. The van der Waals surface area contributed by atoms with Gasteiger partial charge in [0.25, 0.3) is 0 Å². The van der Waals surface area contributed by atoms with Crippen LogP contribution in [0.25, 0.3) is 0 Å². The maximum Gasteiger partial charge on any atom is 0.433 e. The number of alkyl halides is 3. The van der Waals surface area contributed by atoms with Crippen LogP contribution in [0.3, 0.4) is 0 Å². The van der Waals surface area contributed by atoms with E-state index in [0.29, 0.717) is 19.5 Å². The van der Waals surface area contributed by atoms with Crippen LogP contribution in [0.5, 0.6) is 0 Å². The highest BCUT2D eigenvalue weighted by atomic mass is 19.4. The summed E-state index contributed by atoms with van der Waals surface area (Å²) in [7, 11) is 0. The molecular formula is C17H26F3N3O2. The molecule has 0 aromatic carbocycles. The number of nitrogens with one attached hydrogen (secondary N) is 2. The van der Waals surface area contributed by atoms with E-state index in [1.165, 1.54) is 6.08 Å². The largest absolute Gasteiger partial charge is 0.477 e. The molecule has 3 N–H and O–H groups in total. The van der Waals surface area contributed by atoms with Crippen LogP contribution < -0.4 is 10.6 Å². The lowest BCUT2D eigenvalue weighted by Gasteiger charge is -2.34. The second-order valence-electron chi connectivity index (χ2n) is 7.76. The first-order chi connectivity index (χ1) is 11.7. The monoisotopic (exact) mass is 361 g/mol. The van der Waals surface area contributed by atoms with Gasteiger partial charge in [0.15, 0.2) is 5.90 Å². The van der Waals surface area contributed by atoms with Crippen molar-refractivity contribution in [2.24, 2.45) is 10.4 Å². The molecule has 1 atom stereocenters. The third kappa shape index (κ3) is 5.18. The topological polar surface area (TPSA) is 65.9 Å². The van der Waals surface area contributed by atoms with E-state index in [4.69, 9.17) is 4.74 Å². The Balaban J connectivity index is 1.67. The van der Waals surface area contributed by atoms with Crippen molar-refractivity contribution in [2.45, 2.75) is 56.9 Å². The summed E-state index contributed by atoms with van der Waals surface area (Å²) in [6.07, 6.45) is -0.0552. The molecule has 1 unspecified atom stereocenters. The summed E-state index contributed by atoms with van der Waals surface area (Å²) in [5.41, 5.74) is -2.32. The zero-order valence-corrected chi connectivity index (χ0v) is 14.5. The Morgan fingerprint density at radius 2 is 2.00 bits per heavy atom. The van der Waals surface area contributed by atoms with E-state index in [-0.39, 0.29) is 12.0 Å². The van der Waals surface area contributed by atoms with Gasteiger partial charge in [-0.1, -0.05) is 6.92 Å². The number of ether oxygens (including phenoxy) is 1. The maximum atomic E-state index is 13.3. The molecule has 0 aromatic rings. The summed E-state index contributed by atoms with van der Waals surface area (Å²) in [5, 5.41) is 16.2. The minimum Gasteiger partial charge on any atom is -0.477 e. The number of halogens is 3. The van der Waals surface area contributed by atoms with E-state index >= 15 is 0 Å². The zero-order chi connectivity index (χ0) is 18.1. The fourth-order valence-corrected chi connectivity index (χ4v) is 3.27. The number of rotatable bonds is 5. The Labute approximate surface area is 145 Å². The summed E-state index contributed by atoms with van der Waals surface area (Å²) in [6.45, 7) is 4.11. The lowest BCUT2D eigenvalue weighted by molar-refractivity contribution is -0.0940. The van der Waals surface area contributed by atoms with Crippen LogP contribution in [0, 0.1) is 5.41 Å². The van der Waals surface area contributed by atoms with Gasteiger partial charge >= 0.3 is 6.18 Å². The smallest absolute Gasteiger partial charge is 0.433 e. The van der Waals surface area contributed by atoms with Crippen LogP contribution in [0.1, 0.15) is 39.0 Å². The maximum absolute atomic E-state index is 13.3. The summed E-state index contributed by atoms with van der Waals surface area (Å²) in [4.78, 5) is 3.74. The molecule has 0 bridgehead atoms. The average Bonchev–Trinajstić information content (AvgIpc) is 3.24. The van der Waals surface area contributed by atoms with Crippen molar-refractivity contribution in [3.05, 3.63) is 11.8 Å². The van der Waals surface area contributed by atoms with Crippen LogP contribution in [-0.4, -0.2) is 55.1 Å². The molecule has 25 heavy (non-hydrogen) atoms. The predicted octanol–water partition coefficient (Wildman–Crippen LogP) is 2.12. The van der Waals surface area contributed by atoms with E-state index in [1.807, 2.05) is 0 Å². The quantitative estimate of drug-likeness (QED) is 0.702. The van der Waals surface area contributed by atoms with E-state index in [1.54, 1.807) is 6.92 Å². The molecule has 8 heteroatoms. The number of hydrogen-bond acceptors (Lipinski definition) is 5. The molecule has 2 fully saturated rings. The van der Waals surface area contributed by atoms with E-state index < -0.39 is 22.9 Å². The summed E-state index contributed by atoms with van der Waals surface area (Å²) in [5.74, 6) is 0.163. The van der Waals surface area contributed by atoms with Gasteiger partial charge in [-0.2, -0.15) is 13.2 Å². The molecule has 0 spiro atoms. The van der Waals surface area contributed by atoms with Crippen LogP contribution in [0.4, 0.5) is 13.2 Å². The highest BCUT2D eigenvalue weighted by molar-refractivity contribution is 5.80. The van der Waals surface area contributed by atoms with Gasteiger partial charge in [-0.3, -0.25) is 0 Å². The second kappa shape index (κ2) is 6.89. The Morgan fingerprint density at radius 1 is 1.32 bits per heavy atom. The van der Waals surface area contributed by atoms with Crippen LogP contribution in [-0.2, 0) is 4.74 Å². The van der Waals surface area contributed by atoms with Gasteiger partial charge < -0.3 is 20.5 Å². The van der Waals surface area contributed by atoms with E-state index in [9.17, 15) is 18.3 Å². The molecule has 3 aliphatic rings. The van der Waals surface area contributed by atoms with Crippen LogP contribution in [0.2, 0.25) is 0 Å². The fourth-order valence-electron chi connectivity index (χ4n) is 3.27. The van der Waals surface area contributed by atoms with Crippen molar-refractivity contribution in [3.8, 4) is 0 Å². The third-order valence-electron chi connectivity index (χ3n) is 4.97.